The number of nitrogens with one attached hydrogen (secondary N) is 2. The van der Waals surface area contributed by atoms with E-state index in [1.54, 1.807) is 18.2 Å². The van der Waals surface area contributed by atoms with Crippen LogP contribution in [0.1, 0.15) is 18.4 Å². The lowest BCUT2D eigenvalue weighted by atomic mass is 10.0. The van der Waals surface area contributed by atoms with Crippen molar-refractivity contribution in [1.82, 2.24) is 15.2 Å². The number of halogens is 2. The fourth-order valence-electron chi connectivity index (χ4n) is 2.92. The first-order valence-corrected chi connectivity index (χ1v) is 8.99. The van der Waals surface area contributed by atoms with Gasteiger partial charge in [0.25, 0.3) is 0 Å². The number of pyridine rings is 1. The number of amides is 2. The summed E-state index contributed by atoms with van der Waals surface area (Å²) in [6, 6.07) is 8.96. The average Bonchev–Trinajstić information content (AvgIpc) is 2.61. The van der Waals surface area contributed by atoms with Gasteiger partial charge in [-0.05, 0) is 48.7 Å². The first-order chi connectivity index (χ1) is 12.1. The molecule has 0 spiro atoms. The highest BCUT2D eigenvalue weighted by Crippen LogP contribution is 2.25. The van der Waals surface area contributed by atoms with Gasteiger partial charge >= 0.3 is 6.03 Å². The highest BCUT2D eigenvalue weighted by atomic mass is 35.5. The minimum Gasteiger partial charge on any atom is -0.335 e. The predicted octanol–water partition coefficient (Wildman–Crippen LogP) is 4.17. The molecule has 1 aliphatic rings. The van der Waals surface area contributed by atoms with Crippen LogP contribution in [-0.4, -0.2) is 35.0 Å². The lowest BCUT2D eigenvalue weighted by Crippen LogP contribution is -2.45. The summed E-state index contributed by atoms with van der Waals surface area (Å²) in [5, 5.41) is 6.77. The van der Waals surface area contributed by atoms with E-state index in [0.717, 1.165) is 32.5 Å². The Hall–Kier alpha value is -1.82. The van der Waals surface area contributed by atoms with Crippen molar-refractivity contribution in [2.24, 2.45) is 0 Å². The van der Waals surface area contributed by atoms with E-state index in [1.165, 1.54) is 5.56 Å². The molecule has 0 radical (unpaired) electrons. The molecule has 0 aliphatic carbocycles. The standard InChI is InChI=1S/C18H20Cl2N4O/c19-14-1-2-16(20)17(11-14)23-18(25)22-15-5-9-24(10-6-15)12-13-3-7-21-8-4-13/h1-4,7-8,11,15H,5-6,9-10,12H2,(H2,22,23,25). The second-order valence-electron chi connectivity index (χ2n) is 6.13. The van der Waals surface area contributed by atoms with Gasteiger partial charge < -0.3 is 10.6 Å². The van der Waals surface area contributed by atoms with Crippen LogP contribution in [0, 0.1) is 0 Å². The molecule has 1 aliphatic heterocycles. The van der Waals surface area contributed by atoms with Crippen LogP contribution in [0.5, 0.6) is 0 Å². The highest BCUT2D eigenvalue weighted by molar-refractivity contribution is 6.35. The first kappa shape index (κ1) is 18.0. The molecule has 0 unspecified atom stereocenters. The van der Waals surface area contributed by atoms with E-state index >= 15 is 0 Å². The van der Waals surface area contributed by atoms with Gasteiger partial charge in [0.15, 0.2) is 0 Å². The Morgan fingerprint density at radius 1 is 1.16 bits per heavy atom. The van der Waals surface area contributed by atoms with E-state index in [0.29, 0.717) is 15.7 Å². The van der Waals surface area contributed by atoms with Gasteiger partial charge in [0.2, 0.25) is 0 Å². The lowest BCUT2D eigenvalue weighted by Gasteiger charge is -2.32. The lowest BCUT2D eigenvalue weighted by molar-refractivity contribution is 0.190. The SMILES string of the molecule is O=C(Nc1cc(Cl)ccc1Cl)NC1CCN(Cc2ccncc2)CC1. The summed E-state index contributed by atoms with van der Waals surface area (Å²) in [6.45, 7) is 2.82. The van der Waals surface area contributed by atoms with Crippen molar-refractivity contribution in [3.05, 3.63) is 58.3 Å². The number of hydrogen-bond donors (Lipinski definition) is 2. The maximum atomic E-state index is 12.2. The molecule has 0 bridgehead atoms. The monoisotopic (exact) mass is 378 g/mol. The van der Waals surface area contributed by atoms with Gasteiger partial charge in [-0.3, -0.25) is 9.88 Å². The normalized spacial score (nSPS) is 15.8. The van der Waals surface area contributed by atoms with Gasteiger partial charge in [-0.2, -0.15) is 0 Å². The molecule has 7 heteroatoms. The topological polar surface area (TPSA) is 57.3 Å². The Bertz CT molecular complexity index is 718. The second kappa shape index (κ2) is 8.52. The van der Waals surface area contributed by atoms with Crippen molar-refractivity contribution < 1.29 is 4.79 Å². The molecule has 1 fully saturated rings. The molecular formula is C18H20Cl2N4O. The molecule has 5 nitrogen and oxygen atoms in total. The summed E-state index contributed by atoms with van der Waals surface area (Å²) < 4.78 is 0. The zero-order valence-corrected chi connectivity index (χ0v) is 15.2. The molecule has 2 amide bonds. The van der Waals surface area contributed by atoms with Crippen LogP contribution in [-0.2, 0) is 6.54 Å². The molecule has 2 heterocycles. The predicted molar refractivity (Wildman–Crippen MR) is 101 cm³/mol. The van der Waals surface area contributed by atoms with Crippen LogP contribution in [0.25, 0.3) is 0 Å². The van der Waals surface area contributed by atoms with Gasteiger partial charge in [-0.1, -0.05) is 23.2 Å². The molecule has 0 atom stereocenters. The number of carbonyl (C=O) groups is 1. The third kappa shape index (κ3) is 5.33. The Morgan fingerprint density at radius 3 is 2.60 bits per heavy atom. The summed E-state index contributed by atoms with van der Waals surface area (Å²) in [7, 11) is 0. The van der Waals surface area contributed by atoms with Gasteiger partial charge in [-0.25, -0.2) is 4.79 Å². The van der Waals surface area contributed by atoms with Crippen molar-refractivity contribution in [2.45, 2.75) is 25.4 Å². The number of nitrogens with zero attached hydrogens (tertiary/aromatic N) is 2. The van der Waals surface area contributed by atoms with Crippen molar-refractivity contribution in [3.63, 3.8) is 0 Å². The van der Waals surface area contributed by atoms with Crippen LogP contribution < -0.4 is 10.6 Å². The van der Waals surface area contributed by atoms with Gasteiger partial charge in [-0.15, -0.1) is 0 Å². The quantitative estimate of drug-likeness (QED) is 0.838. The highest BCUT2D eigenvalue weighted by Gasteiger charge is 2.21. The van der Waals surface area contributed by atoms with Gasteiger partial charge in [0.05, 0.1) is 10.7 Å². The molecule has 1 aromatic heterocycles. The first-order valence-electron chi connectivity index (χ1n) is 8.24. The molecular weight excluding hydrogens is 359 g/mol. The Labute approximate surface area is 157 Å². The van der Waals surface area contributed by atoms with Crippen LogP contribution in [0.15, 0.2) is 42.7 Å². The Kier molecular flexibility index (Phi) is 6.13. The van der Waals surface area contributed by atoms with E-state index in [9.17, 15) is 4.79 Å². The van der Waals surface area contributed by atoms with Crippen LogP contribution in [0.3, 0.4) is 0 Å². The molecule has 2 N–H and O–H groups in total. The van der Waals surface area contributed by atoms with Crippen molar-refractivity contribution in [3.8, 4) is 0 Å². The van der Waals surface area contributed by atoms with Gasteiger partial charge in [0.1, 0.15) is 0 Å². The van der Waals surface area contributed by atoms with Crippen molar-refractivity contribution in [2.75, 3.05) is 18.4 Å². The van der Waals surface area contributed by atoms with Crippen molar-refractivity contribution in [1.29, 1.82) is 0 Å². The Morgan fingerprint density at radius 2 is 1.88 bits per heavy atom. The molecule has 0 saturated carbocycles. The number of benzene rings is 1. The van der Waals surface area contributed by atoms with Crippen LogP contribution >= 0.6 is 23.2 Å². The molecule has 2 aromatic rings. The zero-order valence-electron chi connectivity index (χ0n) is 13.7. The smallest absolute Gasteiger partial charge is 0.319 e. The molecule has 3 rings (SSSR count). The van der Waals surface area contributed by atoms with E-state index in [4.69, 9.17) is 23.2 Å². The van der Waals surface area contributed by atoms with Gasteiger partial charge in [0, 0.05) is 43.1 Å². The summed E-state index contributed by atoms with van der Waals surface area (Å²) in [6.07, 6.45) is 5.47. The Balaban J connectivity index is 1.45. The van der Waals surface area contributed by atoms with E-state index in [2.05, 4.69) is 20.5 Å². The van der Waals surface area contributed by atoms with Crippen LogP contribution in [0.4, 0.5) is 10.5 Å². The fourth-order valence-corrected chi connectivity index (χ4v) is 3.26. The number of hydrogen-bond acceptors (Lipinski definition) is 3. The summed E-state index contributed by atoms with van der Waals surface area (Å²) in [5.74, 6) is 0. The minimum atomic E-state index is -0.253. The van der Waals surface area contributed by atoms with Crippen molar-refractivity contribution >= 4 is 34.9 Å². The van der Waals surface area contributed by atoms with E-state index < -0.39 is 0 Å². The van der Waals surface area contributed by atoms with E-state index in [-0.39, 0.29) is 12.1 Å². The number of carbonyl (C=O) groups excluding carboxylic acids is 1. The van der Waals surface area contributed by atoms with Crippen LogP contribution in [0.2, 0.25) is 10.0 Å². The molecule has 1 aromatic carbocycles. The molecule has 25 heavy (non-hydrogen) atoms. The third-order valence-corrected chi connectivity index (χ3v) is 4.82. The summed E-state index contributed by atoms with van der Waals surface area (Å²) in [4.78, 5) is 18.6. The average molecular weight is 379 g/mol. The summed E-state index contributed by atoms with van der Waals surface area (Å²) in [5.41, 5.74) is 1.77. The summed E-state index contributed by atoms with van der Waals surface area (Å²) >= 11 is 12.0. The second-order valence-corrected chi connectivity index (χ2v) is 6.97. The minimum absolute atomic E-state index is 0.159. The molecule has 1 saturated heterocycles. The zero-order chi connectivity index (χ0) is 17.6. The number of anilines is 1. The number of rotatable bonds is 4. The molecule has 132 valence electrons. The maximum absolute atomic E-state index is 12.2. The largest absolute Gasteiger partial charge is 0.335 e. The fraction of sp³-hybridized carbons (Fsp3) is 0.333. The number of likely N-dealkylation sites (tertiary alicyclic amines) is 1. The number of piperidine rings is 1. The maximum Gasteiger partial charge on any atom is 0.319 e. The third-order valence-electron chi connectivity index (χ3n) is 4.25. The number of aromatic nitrogens is 1. The number of urea groups is 1. The van der Waals surface area contributed by atoms with E-state index in [1.807, 2.05) is 24.5 Å².